The van der Waals surface area contributed by atoms with Crippen LogP contribution in [0, 0.1) is 0 Å². The fourth-order valence-electron chi connectivity index (χ4n) is 3.18. The van der Waals surface area contributed by atoms with Crippen LogP contribution in [0.25, 0.3) is 0 Å². The highest BCUT2D eigenvalue weighted by Crippen LogP contribution is 2.21. The third kappa shape index (κ3) is 4.60. The van der Waals surface area contributed by atoms with Gasteiger partial charge in [0.15, 0.2) is 0 Å². The van der Waals surface area contributed by atoms with E-state index in [1.54, 1.807) is 13.3 Å². The van der Waals surface area contributed by atoms with Crippen LogP contribution in [0.3, 0.4) is 0 Å². The first-order chi connectivity index (χ1) is 11.8. The van der Waals surface area contributed by atoms with E-state index in [2.05, 4.69) is 20.6 Å². The summed E-state index contributed by atoms with van der Waals surface area (Å²) in [6.45, 7) is 0.636. The van der Waals surface area contributed by atoms with E-state index >= 15 is 0 Å². The van der Waals surface area contributed by atoms with E-state index in [1.807, 2.05) is 30.3 Å². The predicted octanol–water partition coefficient (Wildman–Crippen LogP) is 4.23. The minimum atomic E-state index is 0.532. The lowest BCUT2D eigenvalue weighted by molar-refractivity contribution is 0.410. The average molecular weight is 326 g/mol. The number of aromatic nitrogens is 2. The van der Waals surface area contributed by atoms with E-state index in [4.69, 9.17) is 4.74 Å². The molecule has 0 spiro atoms. The second kappa shape index (κ2) is 8.52. The highest BCUT2D eigenvalue weighted by Gasteiger charge is 2.12. The molecule has 0 radical (unpaired) electrons. The molecule has 0 amide bonds. The summed E-state index contributed by atoms with van der Waals surface area (Å²) in [5.41, 5.74) is 1.09. The van der Waals surface area contributed by atoms with Crippen LogP contribution in [-0.4, -0.2) is 23.1 Å². The Balaban J connectivity index is 1.60. The molecule has 1 saturated carbocycles. The minimum absolute atomic E-state index is 0.532. The number of hydrogen-bond donors (Lipinski definition) is 2. The summed E-state index contributed by atoms with van der Waals surface area (Å²) in [4.78, 5) is 8.91. The zero-order valence-electron chi connectivity index (χ0n) is 14.3. The largest absolute Gasteiger partial charge is 0.496 e. The van der Waals surface area contributed by atoms with Crippen molar-refractivity contribution in [1.82, 2.24) is 9.97 Å². The Kier molecular flexibility index (Phi) is 5.88. The van der Waals surface area contributed by atoms with Crippen LogP contribution in [0.4, 0.5) is 11.8 Å². The molecule has 24 heavy (non-hydrogen) atoms. The van der Waals surface area contributed by atoms with Crippen molar-refractivity contribution < 1.29 is 4.74 Å². The summed E-state index contributed by atoms with van der Waals surface area (Å²) in [7, 11) is 1.69. The molecule has 2 N–H and O–H groups in total. The number of ether oxygens (including phenoxy) is 1. The van der Waals surface area contributed by atoms with Gasteiger partial charge in [0.1, 0.15) is 11.6 Å². The fourth-order valence-corrected chi connectivity index (χ4v) is 3.18. The van der Waals surface area contributed by atoms with Gasteiger partial charge in [-0.25, -0.2) is 4.98 Å². The van der Waals surface area contributed by atoms with Crippen molar-refractivity contribution in [1.29, 1.82) is 0 Å². The second-order valence-electron chi connectivity index (χ2n) is 6.26. The molecule has 0 atom stereocenters. The molecule has 1 aromatic carbocycles. The molecule has 5 heteroatoms. The first-order valence-electron chi connectivity index (χ1n) is 8.80. The van der Waals surface area contributed by atoms with E-state index in [-0.39, 0.29) is 0 Å². The van der Waals surface area contributed by atoms with Crippen molar-refractivity contribution in [2.75, 3.05) is 17.7 Å². The first-order valence-corrected chi connectivity index (χ1v) is 8.80. The summed E-state index contributed by atoms with van der Waals surface area (Å²) >= 11 is 0. The highest BCUT2D eigenvalue weighted by molar-refractivity contribution is 5.42. The van der Waals surface area contributed by atoms with Gasteiger partial charge in [-0.05, 0) is 25.0 Å². The Hall–Kier alpha value is -2.30. The molecule has 1 aliphatic rings. The van der Waals surface area contributed by atoms with Gasteiger partial charge in [-0.15, -0.1) is 0 Å². The van der Waals surface area contributed by atoms with Crippen LogP contribution in [0.15, 0.2) is 36.5 Å². The standard InChI is InChI=1S/C19H26N4O/c1-24-17-11-7-6-8-15(17)14-21-19-20-13-12-18(23-19)22-16-9-4-2-3-5-10-16/h6-8,11-13,16H,2-5,9-10,14H2,1H3,(H2,20,21,22,23). The average Bonchev–Trinajstić information content (AvgIpc) is 2.89. The molecule has 5 nitrogen and oxygen atoms in total. The molecule has 1 heterocycles. The molecule has 2 aromatic rings. The van der Waals surface area contributed by atoms with Crippen LogP contribution in [0.5, 0.6) is 5.75 Å². The number of nitrogens with one attached hydrogen (secondary N) is 2. The van der Waals surface area contributed by atoms with E-state index < -0.39 is 0 Å². The summed E-state index contributed by atoms with van der Waals surface area (Å²) in [6.07, 6.45) is 9.59. The normalized spacial score (nSPS) is 15.5. The third-order valence-electron chi connectivity index (χ3n) is 4.49. The molecule has 1 aromatic heterocycles. The highest BCUT2D eigenvalue weighted by atomic mass is 16.5. The molecular weight excluding hydrogens is 300 g/mol. The Morgan fingerprint density at radius 3 is 2.67 bits per heavy atom. The molecule has 1 fully saturated rings. The van der Waals surface area contributed by atoms with Crippen molar-refractivity contribution in [2.24, 2.45) is 0 Å². The predicted molar refractivity (Wildman–Crippen MR) is 97.5 cm³/mol. The van der Waals surface area contributed by atoms with Gasteiger partial charge in [0.05, 0.1) is 7.11 Å². The molecule has 0 aliphatic heterocycles. The summed E-state index contributed by atoms with van der Waals surface area (Å²) in [5, 5.41) is 6.85. The number of benzene rings is 1. The van der Waals surface area contributed by atoms with Crippen LogP contribution in [-0.2, 0) is 6.54 Å². The van der Waals surface area contributed by atoms with E-state index in [9.17, 15) is 0 Å². The zero-order chi connectivity index (χ0) is 16.6. The van der Waals surface area contributed by atoms with Crippen LogP contribution < -0.4 is 15.4 Å². The molecule has 0 saturated heterocycles. The van der Waals surface area contributed by atoms with Gasteiger partial charge in [0.2, 0.25) is 5.95 Å². The van der Waals surface area contributed by atoms with E-state index in [1.165, 1.54) is 38.5 Å². The van der Waals surface area contributed by atoms with Crippen molar-refractivity contribution in [2.45, 2.75) is 51.1 Å². The molecule has 1 aliphatic carbocycles. The summed E-state index contributed by atoms with van der Waals surface area (Å²) in [5.74, 6) is 2.41. The van der Waals surface area contributed by atoms with Gasteiger partial charge >= 0.3 is 0 Å². The molecule has 3 rings (SSSR count). The number of methoxy groups -OCH3 is 1. The quantitative estimate of drug-likeness (QED) is 0.778. The lowest BCUT2D eigenvalue weighted by Gasteiger charge is -2.17. The van der Waals surface area contributed by atoms with Gasteiger partial charge in [0.25, 0.3) is 0 Å². The van der Waals surface area contributed by atoms with Crippen molar-refractivity contribution >= 4 is 11.8 Å². The number of para-hydroxylation sites is 1. The second-order valence-corrected chi connectivity index (χ2v) is 6.26. The smallest absolute Gasteiger partial charge is 0.224 e. The van der Waals surface area contributed by atoms with Gasteiger partial charge in [0, 0.05) is 24.3 Å². The number of rotatable bonds is 6. The molecule has 0 unspecified atom stereocenters. The van der Waals surface area contributed by atoms with Crippen molar-refractivity contribution in [3.63, 3.8) is 0 Å². The Labute approximate surface area is 143 Å². The SMILES string of the molecule is COc1ccccc1CNc1nccc(NC2CCCCCC2)n1. The Bertz CT molecular complexity index is 639. The molecule has 0 bridgehead atoms. The third-order valence-corrected chi connectivity index (χ3v) is 4.49. The maximum atomic E-state index is 5.38. The first kappa shape index (κ1) is 16.6. The van der Waals surface area contributed by atoms with Gasteiger partial charge in [-0.2, -0.15) is 4.98 Å². The van der Waals surface area contributed by atoms with E-state index in [0.29, 0.717) is 18.5 Å². The van der Waals surface area contributed by atoms with E-state index in [0.717, 1.165) is 17.1 Å². The van der Waals surface area contributed by atoms with Gasteiger partial charge in [-0.1, -0.05) is 43.9 Å². The molecular formula is C19H26N4O. The Morgan fingerprint density at radius 2 is 1.88 bits per heavy atom. The lowest BCUT2D eigenvalue weighted by atomic mass is 10.1. The zero-order valence-corrected chi connectivity index (χ0v) is 14.3. The summed E-state index contributed by atoms with van der Waals surface area (Å²) < 4.78 is 5.38. The van der Waals surface area contributed by atoms with Crippen LogP contribution >= 0.6 is 0 Å². The topological polar surface area (TPSA) is 59.1 Å². The van der Waals surface area contributed by atoms with Gasteiger partial charge in [-0.3, -0.25) is 0 Å². The van der Waals surface area contributed by atoms with Crippen LogP contribution in [0.2, 0.25) is 0 Å². The van der Waals surface area contributed by atoms with Crippen molar-refractivity contribution in [3.05, 3.63) is 42.1 Å². The fraction of sp³-hybridized carbons (Fsp3) is 0.474. The minimum Gasteiger partial charge on any atom is -0.496 e. The number of anilines is 2. The maximum Gasteiger partial charge on any atom is 0.224 e. The number of nitrogens with zero attached hydrogens (tertiary/aromatic N) is 2. The monoisotopic (exact) mass is 326 g/mol. The maximum absolute atomic E-state index is 5.38. The molecule has 128 valence electrons. The Morgan fingerprint density at radius 1 is 1.08 bits per heavy atom. The van der Waals surface area contributed by atoms with Gasteiger partial charge < -0.3 is 15.4 Å². The van der Waals surface area contributed by atoms with Crippen LogP contribution in [0.1, 0.15) is 44.1 Å². The van der Waals surface area contributed by atoms with Crippen molar-refractivity contribution in [3.8, 4) is 5.75 Å². The summed E-state index contributed by atoms with van der Waals surface area (Å²) in [6, 6.07) is 10.4. The number of hydrogen-bond acceptors (Lipinski definition) is 5. The lowest BCUT2D eigenvalue weighted by Crippen LogP contribution is -2.19.